The van der Waals surface area contributed by atoms with E-state index in [4.69, 9.17) is 9.15 Å². The molecular formula is C16H20BrNO2. The Kier molecular flexibility index (Phi) is 5.68. The number of nitrogens with one attached hydrogen (secondary N) is 1. The topological polar surface area (TPSA) is 34.4 Å². The molecule has 0 aliphatic carbocycles. The number of halogens is 1. The van der Waals surface area contributed by atoms with Crippen molar-refractivity contribution in [1.82, 2.24) is 5.32 Å². The largest absolute Gasteiger partial charge is 0.494 e. The van der Waals surface area contributed by atoms with E-state index in [0.717, 1.165) is 34.7 Å². The van der Waals surface area contributed by atoms with Crippen LogP contribution in [0.4, 0.5) is 0 Å². The SMILES string of the molecule is CCCNC(c1ccc(Br)o1)c1ccccc1OCC. The molecule has 1 aromatic carbocycles. The molecule has 1 atom stereocenters. The lowest BCUT2D eigenvalue weighted by Crippen LogP contribution is -2.23. The van der Waals surface area contributed by atoms with Gasteiger partial charge in [-0.15, -0.1) is 0 Å². The maximum absolute atomic E-state index is 5.73. The fourth-order valence-corrected chi connectivity index (χ4v) is 2.46. The van der Waals surface area contributed by atoms with Crippen molar-refractivity contribution in [2.45, 2.75) is 26.3 Å². The first kappa shape index (κ1) is 15.1. The van der Waals surface area contributed by atoms with Crippen molar-refractivity contribution in [1.29, 1.82) is 0 Å². The highest BCUT2D eigenvalue weighted by Crippen LogP contribution is 2.32. The number of ether oxygens (including phenoxy) is 1. The number of hydrogen-bond acceptors (Lipinski definition) is 3. The Morgan fingerprint density at radius 2 is 2.00 bits per heavy atom. The summed E-state index contributed by atoms with van der Waals surface area (Å²) < 4.78 is 12.2. The average molecular weight is 338 g/mol. The first-order chi connectivity index (χ1) is 9.76. The Hall–Kier alpha value is -1.26. The number of benzene rings is 1. The fourth-order valence-electron chi connectivity index (χ4n) is 2.14. The second-order valence-electron chi connectivity index (χ2n) is 4.50. The molecule has 2 rings (SSSR count). The number of hydrogen-bond donors (Lipinski definition) is 1. The molecule has 1 heterocycles. The van der Waals surface area contributed by atoms with Crippen LogP contribution in [-0.2, 0) is 0 Å². The number of rotatable bonds is 7. The van der Waals surface area contributed by atoms with Crippen molar-refractivity contribution in [3.63, 3.8) is 0 Å². The van der Waals surface area contributed by atoms with Gasteiger partial charge in [-0.2, -0.15) is 0 Å². The quantitative estimate of drug-likeness (QED) is 0.805. The highest BCUT2D eigenvalue weighted by molar-refractivity contribution is 9.10. The standard InChI is InChI=1S/C16H20BrNO2/c1-3-11-18-16(14-9-10-15(17)20-14)12-7-5-6-8-13(12)19-4-2/h5-10,16,18H,3-4,11H2,1-2H3. The van der Waals surface area contributed by atoms with E-state index >= 15 is 0 Å². The van der Waals surface area contributed by atoms with Gasteiger partial charge in [0, 0.05) is 5.56 Å². The van der Waals surface area contributed by atoms with Crippen LogP contribution in [0.25, 0.3) is 0 Å². The molecule has 0 spiro atoms. The number of para-hydroxylation sites is 1. The molecule has 1 N–H and O–H groups in total. The van der Waals surface area contributed by atoms with E-state index < -0.39 is 0 Å². The number of furan rings is 1. The summed E-state index contributed by atoms with van der Waals surface area (Å²) >= 11 is 3.36. The summed E-state index contributed by atoms with van der Waals surface area (Å²) in [4.78, 5) is 0. The van der Waals surface area contributed by atoms with Crippen LogP contribution in [0.3, 0.4) is 0 Å². The molecule has 0 fully saturated rings. The Morgan fingerprint density at radius 1 is 1.20 bits per heavy atom. The third kappa shape index (κ3) is 3.64. The van der Waals surface area contributed by atoms with Gasteiger partial charge in [-0.05, 0) is 54.0 Å². The molecule has 0 aliphatic heterocycles. The van der Waals surface area contributed by atoms with Crippen LogP contribution in [0.15, 0.2) is 45.5 Å². The lowest BCUT2D eigenvalue weighted by Gasteiger charge is -2.20. The molecule has 3 nitrogen and oxygen atoms in total. The molecule has 0 aliphatic rings. The summed E-state index contributed by atoms with van der Waals surface area (Å²) in [5.41, 5.74) is 1.10. The predicted octanol–water partition coefficient (Wildman–Crippen LogP) is 4.53. The third-order valence-corrected chi connectivity index (χ3v) is 3.43. The van der Waals surface area contributed by atoms with Crippen LogP contribution >= 0.6 is 15.9 Å². The molecule has 0 bridgehead atoms. The van der Waals surface area contributed by atoms with E-state index in [1.54, 1.807) is 0 Å². The summed E-state index contributed by atoms with van der Waals surface area (Å²) in [7, 11) is 0. The molecule has 0 radical (unpaired) electrons. The van der Waals surface area contributed by atoms with Gasteiger partial charge in [0.05, 0.1) is 12.6 Å². The molecule has 108 valence electrons. The van der Waals surface area contributed by atoms with Crippen LogP contribution in [-0.4, -0.2) is 13.2 Å². The highest BCUT2D eigenvalue weighted by Gasteiger charge is 2.20. The van der Waals surface area contributed by atoms with E-state index in [9.17, 15) is 0 Å². The normalized spacial score (nSPS) is 12.3. The van der Waals surface area contributed by atoms with E-state index in [1.807, 2.05) is 37.3 Å². The zero-order valence-corrected chi connectivity index (χ0v) is 13.4. The third-order valence-electron chi connectivity index (χ3n) is 3.01. The van der Waals surface area contributed by atoms with Crippen LogP contribution in [0, 0.1) is 0 Å². The Morgan fingerprint density at radius 3 is 2.65 bits per heavy atom. The van der Waals surface area contributed by atoms with Crippen LogP contribution < -0.4 is 10.1 Å². The Labute approximate surface area is 128 Å². The minimum absolute atomic E-state index is 0.00370. The Bertz CT molecular complexity index is 539. The van der Waals surface area contributed by atoms with Gasteiger partial charge in [0.25, 0.3) is 0 Å². The second-order valence-corrected chi connectivity index (χ2v) is 5.28. The van der Waals surface area contributed by atoms with Gasteiger partial charge >= 0.3 is 0 Å². The fraction of sp³-hybridized carbons (Fsp3) is 0.375. The van der Waals surface area contributed by atoms with Gasteiger partial charge in [0.1, 0.15) is 11.5 Å². The molecule has 4 heteroatoms. The minimum atomic E-state index is 0.00370. The van der Waals surface area contributed by atoms with Gasteiger partial charge in [-0.1, -0.05) is 25.1 Å². The first-order valence-corrected chi connectivity index (χ1v) is 7.75. The summed E-state index contributed by atoms with van der Waals surface area (Å²) in [5.74, 6) is 1.79. The monoisotopic (exact) mass is 337 g/mol. The lowest BCUT2D eigenvalue weighted by molar-refractivity contribution is 0.330. The van der Waals surface area contributed by atoms with E-state index in [0.29, 0.717) is 6.61 Å². The predicted molar refractivity (Wildman–Crippen MR) is 84.2 cm³/mol. The minimum Gasteiger partial charge on any atom is -0.494 e. The smallest absolute Gasteiger partial charge is 0.169 e. The van der Waals surface area contributed by atoms with Crippen molar-refractivity contribution < 1.29 is 9.15 Å². The van der Waals surface area contributed by atoms with Crippen LogP contribution in [0.2, 0.25) is 0 Å². The zero-order chi connectivity index (χ0) is 14.4. The van der Waals surface area contributed by atoms with Gasteiger partial charge in [-0.25, -0.2) is 0 Å². The molecule has 1 aromatic heterocycles. The van der Waals surface area contributed by atoms with E-state index in [1.165, 1.54) is 0 Å². The molecule has 0 amide bonds. The Balaban J connectivity index is 2.35. The molecule has 20 heavy (non-hydrogen) atoms. The lowest BCUT2D eigenvalue weighted by atomic mass is 10.0. The molecule has 2 aromatic rings. The van der Waals surface area contributed by atoms with Gasteiger partial charge in [0.2, 0.25) is 0 Å². The first-order valence-electron chi connectivity index (χ1n) is 6.96. The summed E-state index contributed by atoms with van der Waals surface area (Å²) in [6.45, 7) is 5.72. The molecule has 1 unspecified atom stereocenters. The maximum atomic E-state index is 5.73. The zero-order valence-electron chi connectivity index (χ0n) is 11.9. The summed E-state index contributed by atoms with van der Waals surface area (Å²) in [5, 5.41) is 3.52. The maximum Gasteiger partial charge on any atom is 0.169 e. The van der Waals surface area contributed by atoms with Crippen molar-refractivity contribution >= 4 is 15.9 Å². The molecule has 0 saturated heterocycles. The van der Waals surface area contributed by atoms with Crippen LogP contribution in [0.1, 0.15) is 37.6 Å². The van der Waals surface area contributed by atoms with Crippen molar-refractivity contribution in [2.75, 3.05) is 13.2 Å². The van der Waals surface area contributed by atoms with Crippen molar-refractivity contribution in [3.05, 3.63) is 52.4 Å². The van der Waals surface area contributed by atoms with Gasteiger partial charge in [-0.3, -0.25) is 0 Å². The molecule has 0 saturated carbocycles. The van der Waals surface area contributed by atoms with Gasteiger partial charge in [0.15, 0.2) is 4.67 Å². The summed E-state index contributed by atoms with van der Waals surface area (Å²) in [6, 6.07) is 12.0. The van der Waals surface area contributed by atoms with E-state index in [2.05, 4.69) is 34.2 Å². The van der Waals surface area contributed by atoms with Crippen LogP contribution in [0.5, 0.6) is 5.75 Å². The van der Waals surface area contributed by atoms with E-state index in [-0.39, 0.29) is 6.04 Å². The second kappa shape index (κ2) is 7.50. The summed E-state index contributed by atoms with van der Waals surface area (Å²) in [6.07, 6.45) is 1.06. The van der Waals surface area contributed by atoms with Crippen molar-refractivity contribution in [2.24, 2.45) is 0 Å². The molecular weight excluding hydrogens is 318 g/mol. The van der Waals surface area contributed by atoms with Gasteiger partial charge < -0.3 is 14.5 Å². The highest BCUT2D eigenvalue weighted by atomic mass is 79.9. The average Bonchev–Trinajstić information content (AvgIpc) is 2.88. The van der Waals surface area contributed by atoms with Crippen molar-refractivity contribution in [3.8, 4) is 5.75 Å².